The zero-order chi connectivity index (χ0) is 14.0. The highest BCUT2D eigenvalue weighted by Gasteiger charge is 2.34. The second-order valence-corrected chi connectivity index (χ2v) is 7.31. The van der Waals surface area contributed by atoms with Crippen LogP contribution in [-0.4, -0.2) is 23.2 Å². The third-order valence-electron chi connectivity index (χ3n) is 3.84. The molecule has 0 spiro atoms. The van der Waals surface area contributed by atoms with Crippen molar-refractivity contribution in [3.8, 4) is 0 Å². The fourth-order valence-electron chi connectivity index (χ4n) is 2.75. The van der Waals surface area contributed by atoms with Gasteiger partial charge in [-0.1, -0.05) is 38.5 Å². The molecule has 3 nitrogen and oxygen atoms in total. The van der Waals surface area contributed by atoms with Gasteiger partial charge in [-0.25, -0.2) is 4.98 Å². The van der Waals surface area contributed by atoms with E-state index in [1.807, 2.05) is 0 Å². The van der Waals surface area contributed by atoms with Gasteiger partial charge in [-0.2, -0.15) is 0 Å². The third-order valence-corrected chi connectivity index (χ3v) is 5.10. The Morgan fingerprint density at radius 2 is 2.16 bits per heavy atom. The van der Waals surface area contributed by atoms with E-state index < -0.39 is 0 Å². The topological polar surface area (TPSA) is 36.4 Å². The van der Waals surface area contributed by atoms with Gasteiger partial charge in [-0.05, 0) is 31.6 Å². The van der Waals surface area contributed by atoms with Gasteiger partial charge in [0, 0.05) is 13.1 Å². The van der Waals surface area contributed by atoms with E-state index in [1.165, 1.54) is 12.8 Å². The van der Waals surface area contributed by atoms with Gasteiger partial charge < -0.3 is 10.0 Å². The number of rotatable bonds is 5. The Bertz CT molecular complexity index is 428. The first-order valence-electron chi connectivity index (χ1n) is 7.39. The maximum Gasteiger partial charge on any atom is 0.185 e. The lowest BCUT2D eigenvalue weighted by Crippen LogP contribution is -2.25. The van der Waals surface area contributed by atoms with E-state index in [0.29, 0.717) is 0 Å². The highest BCUT2D eigenvalue weighted by molar-refractivity contribution is 7.15. The number of nitrogens with zero attached hydrogens (tertiary/aromatic N) is 2. The number of fused-ring (bicyclic) bond motifs is 1. The van der Waals surface area contributed by atoms with Crippen LogP contribution in [0.1, 0.15) is 63.6 Å². The first kappa shape index (κ1) is 14.8. The van der Waals surface area contributed by atoms with E-state index in [1.54, 1.807) is 11.3 Å². The van der Waals surface area contributed by atoms with Gasteiger partial charge >= 0.3 is 0 Å². The van der Waals surface area contributed by atoms with Gasteiger partial charge in [0.15, 0.2) is 5.13 Å². The number of hydrogen-bond acceptors (Lipinski definition) is 4. The van der Waals surface area contributed by atoms with Crippen molar-refractivity contribution in [1.82, 2.24) is 4.98 Å². The van der Waals surface area contributed by atoms with Crippen LogP contribution in [0.3, 0.4) is 0 Å². The van der Waals surface area contributed by atoms with Gasteiger partial charge in [0.1, 0.15) is 0 Å². The van der Waals surface area contributed by atoms with E-state index in [4.69, 9.17) is 4.98 Å². The Hall–Kier alpha value is -0.610. The Morgan fingerprint density at radius 3 is 2.79 bits per heavy atom. The molecule has 1 N–H and O–H groups in total. The summed E-state index contributed by atoms with van der Waals surface area (Å²) in [5.41, 5.74) is 1.29. The van der Waals surface area contributed by atoms with Crippen molar-refractivity contribution >= 4 is 16.5 Å². The maximum atomic E-state index is 10.3. The summed E-state index contributed by atoms with van der Waals surface area (Å²) in [7, 11) is 0. The summed E-state index contributed by atoms with van der Waals surface area (Å²) >= 11 is 1.69. The molecule has 1 aromatic heterocycles. The van der Waals surface area contributed by atoms with Crippen LogP contribution in [0.25, 0.3) is 0 Å². The minimum absolute atomic E-state index is 0.165. The van der Waals surface area contributed by atoms with Crippen molar-refractivity contribution < 1.29 is 5.11 Å². The van der Waals surface area contributed by atoms with Crippen molar-refractivity contribution in [3.63, 3.8) is 0 Å². The molecular formula is C15H26N2OS. The van der Waals surface area contributed by atoms with E-state index >= 15 is 0 Å². The summed E-state index contributed by atoms with van der Waals surface area (Å²) in [6.07, 6.45) is 3.92. The van der Waals surface area contributed by atoms with Gasteiger partial charge in [-0.3, -0.25) is 0 Å². The summed E-state index contributed by atoms with van der Waals surface area (Å²) in [5.74, 6) is 0. The van der Waals surface area contributed by atoms with Crippen molar-refractivity contribution in [2.45, 2.75) is 59.5 Å². The third kappa shape index (κ3) is 3.29. The smallest absolute Gasteiger partial charge is 0.185 e. The number of aliphatic hydroxyl groups excluding tert-OH is 1. The molecule has 0 bridgehead atoms. The number of hydrogen-bond donors (Lipinski definition) is 1. The normalized spacial score (nSPS) is 21.2. The largest absolute Gasteiger partial charge is 0.387 e. The Balaban J connectivity index is 2.21. The first-order chi connectivity index (χ1) is 8.96. The Morgan fingerprint density at radius 1 is 1.42 bits per heavy atom. The Kier molecular flexibility index (Phi) is 4.51. The number of thiazole rings is 1. The molecular weight excluding hydrogens is 256 g/mol. The van der Waals surface area contributed by atoms with Crippen LogP contribution in [0.4, 0.5) is 5.13 Å². The lowest BCUT2D eigenvalue weighted by atomic mass is 9.77. The zero-order valence-corrected chi connectivity index (χ0v) is 13.4. The monoisotopic (exact) mass is 282 g/mol. The minimum Gasteiger partial charge on any atom is -0.387 e. The first-order valence-corrected chi connectivity index (χ1v) is 8.21. The van der Waals surface area contributed by atoms with Crippen LogP contribution in [-0.2, 0) is 6.42 Å². The van der Waals surface area contributed by atoms with E-state index in [-0.39, 0.29) is 11.5 Å². The summed E-state index contributed by atoms with van der Waals surface area (Å²) < 4.78 is 0. The molecule has 19 heavy (non-hydrogen) atoms. The number of aromatic nitrogens is 1. The molecule has 1 heterocycles. The SMILES string of the molecule is CCCCN(CC)c1nc2c(s1)C(O)CC(C)(C)C2. The second-order valence-electron chi connectivity index (χ2n) is 6.30. The molecule has 108 valence electrons. The highest BCUT2D eigenvalue weighted by Crippen LogP contribution is 2.44. The molecule has 0 aromatic carbocycles. The fraction of sp³-hybridized carbons (Fsp3) is 0.800. The molecule has 0 saturated carbocycles. The highest BCUT2D eigenvalue weighted by atomic mass is 32.1. The van der Waals surface area contributed by atoms with E-state index in [0.717, 1.165) is 41.6 Å². The maximum absolute atomic E-state index is 10.3. The van der Waals surface area contributed by atoms with Gasteiger partial charge in [0.2, 0.25) is 0 Å². The van der Waals surface area contributed by atoms with Crippen LogP contribution < -0.4 is 4.90 Å². The van der Waals surface area contributed by atoms with Gasteiger partial charge in [0.25, 0.3) is 0 Å². The number of aliphatic hydroxyl groups is 1. The fourth-order valence-corrected chi connectivity index (χ4v) is 3.91. The number of anilines is 1. The average molecular weight is 282 g/mol. The molecule has 2 rings (SSSR count). The summed E-state index contributed by atoms with van der Waals surface area (Å²) in [4.78, 5) is 8.25. The summed E-state index contributed by atoms with van der Waals surface area (Å²) in [6, 6.07) is 0. The van der Waals surface area contributed by atoms with Crippen molar-refractivity contribution in [2.75, 3.05) is 18.0 Å². The van der Waals surface area contributed by atoms with E-state index in [9.17, 15) is 5.11 Å². The lowest BCUT2D eigenvalue weighted by Gasteiger charge is -2.31. The predicted molar refractivity (Wildman–Crippen MR) is 82.0 cm³/mol. The summed E-state index contributed by atoms with van der Waals surface area (Å²) in [6.45, 7) is 10.9. The van der Waals surface area contributed by atoms with Crippen molar-refractivity contribution in [1.29, 1.82) is 0 Å². The standard InChI is InChI=1S/C15H26N2OS/c1-5-7-8-17(6-2)14-16-11-9-15(3,4)10-12(18)13(11)19-14/h12,18H,5-10H2,1-4H3. The molecule has 0 amide bonds. The lowest BCUT2D eigenvalue weighted by molar-refractivity contribution is 0.102. The quantitative estimate of drug-likeness (QED) is 0.893. The molecule has 1 atom stereocenters. The van der Waals surface area contributed by atoms with Crippen LogP contribution >= 0.6 is 11.3 Å². The molecule has 1 aromatic rings. The van der Waals surface area contributed by atoms with Crippen LogP contribution in [0.15, 0.2) is 0 Å². The average Bonchev–Trinajstić information content (AvgIpc) is 2.72. The molecule has 1 aliphatic carbocycles. The molecule has 1 unspecified atom stereocenters. The second kappa shape index (κ2) is 5.80. The molecule has 0 saturated heterocycles. The predicted octanol–water partition coefficient (Wildman–Crippen LogP) is 3.78. The molecule has 0 aliphatic heterocycles. The molecule has 4 heteroatoms. The van der Waals surface area contributed by atoms with Gasteiger partial charge in [0.05, 0.1) is 16.7 Å². The van der Waals surface area contributed by atoms with E-state index in [2.05, 4.69) is 32.6 Å². The van der Waals surface area contributed by atoms with Crippen molar-refractivity contribution in [2.24, 2.45) is 5.41 Å². The van der Waals surface area contributed by atoms with Crippen LogP contribution in [0, 0.1) is 5.41 Å². The van der Waals surface area contributed by atoms with Crippen molar-refractivity contribution in [3.05, 3.63) is 10.6 Å². The van der Waals surface area contributed by atoms with Gasteiger partial charge in [-0.15, -0.1) is 0 Å². The Labute approximate surface area is 120 Å². The van der Waals surface area contributed by atoms with Crippen LogP contribution in [0.5, 0.6) is 0 Å². The van der Waals surface area contributed by atoms with Crippen LogP contribution in [0.2, 0.25) is 0 Å². The number of unbranched alkanes of at least 4 members (excludes halogenated alkanes) is 1. The molecule has 0 fully saturated rings. The summed E-state index contributed by atoms with van der Waals surface area (Å²) in [5, 5.41) is 11.4. The molecule has 1 aliphatic rings. The zero-order valence-electron chi connectivity index (χ0n) is 12.6. The molecule has 0 radical (unpaired) electrons. The minimum atomic E-state index is -0.324.